The van der Waals surface area contributed by atoms with E-state index in [1.165, 1.54) is 6.33 Å². The lowest BCUT2D eigenvalue weighted by Crippen LogP contribution is -2.20. The maximum atomic E-state index is 6.04. The highest BCUT2D eigenvalue weighted by Gasteiger charge is 2.15. The molecule has 0 saturated heterocycles. The molecule has 90 valence electrons. The van der Waals surface area contributed by atoms with Crippen LogP contribution in [-0.4, -0.2) is 16.1 Å². The van der Waals surface area contributed by atoms with Gasteiger partial charge in [-0.15, -0.1) is 0 Å². The lowest BCUT2D eigenvalue weighted by atomic mass is 10.1. The second-order valence-corrected chi connectivity index (χ2v) is 4.62. The topological polar surface area (TPSA) is 35.0 Å². The van der Waals surface area contributed by atoms with Gasteiger partial charge in [0, 0.05) is 0 Å². The van der Waals surface area contributed by atoms with E-state index in [0.29, 0.717) is 17.0 Å². The minimum Gasteiger partial charge on any atom is -0.474 e. The SMILES string of the molecule is CCCc1c(Cl)ncnc1OC(C)C(C)C. The Morgan fingerprint density at radius 2 is 2.00 bits per heavy atom. The molecular formula is C12H19ClN2O. The van der Waals surface area contributed by atoms with Gasteiger partial charge in [-0.25, -0.2) is 9.97 Å². The summed E-state index contributed by atoms with van der Waals surface area (Å²) in [4.78, 5) is 8.15. The van der Waals surface area contributed by atoms with Crippen molar-refractivity contribution in [3.05, 3.63) is 17.0 Å². The van der Waals surface area contributed by atoms with Crippen LogP contribution in [0.5, 0.6) is 5.88 Å². The van der Waals surface area contributed by atoms with Gasteiger partial charge in [0.25, 0.3) is 0 Å². The minimum absolute atomic E-state index is 0.126. The molecule has 0 fully saturated rings. The molecule has 1 unspecified atom stereocenters. The fraction of sp³-hybridized carbons (Fsp3) is 0.667. The molecule has 3 nitrogen and oxygen atoms in total. The van der Waals surface area contributed by atoms with Crippen molar-refractivity contribution in [2.45, 2.75) is 46.6 Å². The second-order valence-electron chi connectivity index (χ2n) is 4.27. The summed E-state index contributed by atoms with van der Waals surface area (Å²) in [6.45, 7) is 8.37. The first-order valence-corrected chi connectivity index (χ1v) is 6.10. The summed E-state index contributed by atoms with van der Waals surface area (Å²) >= 11 is 6.04. The second kappa shape index (κ2) is 6.04. The zero-order chi connectivity index (χ0) is 12.1. The first-order valence-electron chi connectivity index (χ1n) is 5.72. The van der Waals surface area contributed by atoms with E-state index in [2.05, 4.69) is 30.7 Å². The van der Waals surface area contributed by atoms with Crippen LogP contribution in [0.3, 0.4) is 0 Å². The summed E-state index contributed by atoms with van der Waals surface area (Å²) in [5.74, 6) is 1.08. The van der Waals surface area contributed by atoms with Gasteiger partial charge in [0.1, 0.15) is 11.5 Å². The average molecular weight is 243 g/mol. The third kappa shape index (κ3) is 3.34. The Labute approximate surface area is 102 Å². The van der Waals surface area contributed by atoms with Gasteiger partial charge in [-0.3, -0.25) is 0 Å². The Kier molecular flexibility index (Phi) is 5.00. The Morgan fingerprint density at radius 1 is 1.31 bits per heavy atom. The van der Waals surface area contributed by atoms with E-state index in [1.54, 1.807) is 0 Å². The molecule has 1 atom stereocenters. The van der Waals surface area contributed by atoms with Gasteiger partial charge < -0.3 is 4.74 Å². The van der Waals surface area contributed by atoms with Crippen molar-refractivity contribution >= 4 is 11.6 Å². The van der Waals surface area contributed by atoms with Crippen molar-refractivity contribution in [3.8, 4) is 5.88 Å². The molecule has 0 radical (unpaired) electrons. The highest BCUT2D eigenvalue weighted by atomic mass is 35.5. The van der Waals surface area contributed by atoms with Crippen molar-refractivity contribution < 1.29 is 4.74 Å². The Hall–Kier alpha value is -0.830. The monoisotopic (exact) mass is 242 g/mol. The molecule has 0 spiro atoms. The molecule has 1 rings (SSSR count). The number of ether oxygens (including phenoxy) is 1. The van der Waals surface area contributed by atoms with Gasteiger partial charge >= 0.3 is 0 Å². The summed E-state index contributed by atoms with van der Waals surface area (Å²) in [6.07, 6.45) is 3.42. The Morgan fingerprint density at radius 3 is 2.56 bits per heavy atom. The summed E-state index contributed by atoms with van der Waals surface area (Å²) < 4.78 is 5.80. The molecule has 16 heavy (non-hydrogen) atoms. The van der Waals surface area contributed by atoms with Crippen molar-refractivity contribution in [2.24, 2.45) is 5.92 Å². The molecule has 0 N–H and O–H groups in total. The quantitative estimate of drug-likeness (QED) is 0.742. The first-order chi connectivity index (χ1) is 7.56. The highest BCUT2D eigenvalue weighted by molar-refractivity contribution is 6.30. The van der Waals surface area contributed by atoms with Crippen molar-refractivity contribution in [1.82, 2.24) is 9.97 Å². The summed E-state index contributed by atoms with van der Waals surface area (Å²) in [5, 5.41) is 0.503. The number of nitrogens with zero attached hydrogens (tertiary/aromatic N) is 2. The molecule has 1 heterocycles. The van der Waals surface area contributed by atoms with Gasteiger partial charge in [0.2, 0.25) is 5.88 Å². The highest BCUT2D eigenvalue weighted by Crippen LogP contribution is 2.25. The maximum absolute atomic E-state index is 6.04. The minimum atomic E-state index is 0.126. The molecule has 0 saturated carbocycles. The number of aromatic nitrogens is 2. The van der Waals surface area contributed by atoms with Crippen molar-refractivity contribution in [3.63, 3.8) is 0 Å². The number of rotatable bonds is 5. The van der Waals surface area contributed by atoms with Crippen LogP contribution in [0.1, 0.15) is 39.7 Å². The molecule has 1 aromatic heterocycles. The van der Waals surface area contributed by atoms with E-state index < -0.39 is 0 Å². The zero-order valence-corrected chi connectivity index (χ0v) is 11.1. The van der Waals surface area contributed by atoms with E-state index in [4.69, 9.17) is 16.3 Å². The number of hydrogen-bond acceptors (Lipinski definition) is 3. The van der Waals surface area contributed by atoms with E-state index in [0.717, 1.165) is 18.4 Å². The average Bonchev–Trinajstić information content (AvgIpc) is 2.23. The van der Waals surface area contributed by atoms with E-state index in [9.17, 15) is 0 Å². The molecule has 0 amide bonds. The molecule has 4 heteroatoms. The number of halogens is 1. The van der Waals surface area contributed by atoms with Crippen LogP contribution in [0, 0.1) is 5.92 Å². The van der Waals surface area contributed by atoms with Gasteiger partial charge in [-0.1, -0.05) is 38.8 Å². The van der Waals surface area contributed by atoms with E-state index in [-0.39, 0.29) is 6.10 Å². The summed E-state index contributed by atoms with van der Waals surface area (Å²) in [5.41, 5.74) is 0.916. The maximum Gasteiger partial charge on any atom is 0.221 e. The largest absolute Gasteiger partial charge is 0.474 e. The van der Waals surface area contributed by atoms with Gasteiger partial charge in [-0.2, -0.15) is 0 Å². The van der Waals surface area contributed by atoms with Crippen molar-refractivity contribution in [1.29, 1.82) is 0 Å². The van der Waals surface area contributed by atoms with Gasteiger partial charge in [0.15, 0.2) is 0 Å². The Balaban J connectivity index is 2.90. The predicted molar refractivity (Wildman–Crippen MR) is 66.0 cm³/mol. The normalized spacial score (nSPS) is 12.9. The lowest BCUT2D eigenvalue weighted by Gasteiger charge is -2.19. The molecule has 0 aliphatic heterocycles. The van der Waals surface area contributed by atoms with E-state index >= 15 is 0 Å². The smallest absolute Gasteiger partial charge is 0.221 e. The standard InChI is InChI=1S/C12H19ClN2O/c1-5-6-10-11(13)14-7-15-12(10)16-9(4)8(2)3/h7-9H,5-6H2,1-4H3. The van der Waals surface area contributed by atoms with Crippen LogP contribution < -0.4 is 4.74 Å². The van der Waals surface area contributed by atoms with Gasteiger partial charge in [0.05, 0.1) is 11.7 Å². The van der Waals surface area contributed by atoms with Crippen LogP contribution in [0.25, 0.3) is 0 Å². The Bertz CT molecular complexity index is 342. The van der Waals surface area contributed by atoms with Crippen LogP contribution in [0.15, 0.2) is 6.33 Å². The third-order valence-corrected chi connectivity index (χ3v) is 2.92. The fourth-order valence-electron chi connectivity index (χ4n) is 1.25. The van der Waals surface area contributed by atoms with Crippen LogP contribution in [0.2, 0.25) is 5.15 Å². The van der Waals surface area contributed by atoms with Crippen molar-refractivity contribution in [2.75, 3.05) is 0 Å². The first kappa shape index (κ1) is 13.2. The third-order valence-electron chi connectivity index (χ3n) is 2.59. The van der Waals surface area contributed by atoms with Crippen LogP contribution in [0.4, 0.5) is 0 Å². The van der Waals surface area contributed by atoms with Gasteiger partial charge in [-0.05, 0) is 19.3 Å². The van der Waals surface area contributed by atoms with Crippen LogP contribution in [-0.2, 0) is 6.42 Å². The predicted octanol–water partition coefficient (Wildman–Crippen LogP) is 3.51. The molecule has 0 aliphatic rings. The van der Waals surface area contributed by atoms with Crippen LogP contribution >= 0.6 is 11.6 Å². The molecule has 1 aromatic rings. The number of hydrogen-bond donors (Lipinski definition) is 0. The molecule has 0 aliphatic carbocycles. The van der Waals surface area contributed by atoms with E-state index in [1.807, 2.05) is 6.92 Å². The lowest BCUT2D eigenvalue weighted by molar-refractivity contribution is 0.161. The molecule has 0 bridgehead atoms. The fourth-order valence-corrected chi connectivity index (χ4v) is 1.47. The molecule has 0 aromatic carbocycles. The molecular weight excluding hydrogens is 224 g/mol. The zero-order valence-electron chi connectivity index (χ0n) is 10.3. The summed E-state index contributed by atoms with van der Waals surface area (Å²) in [6, 6.07) is 0. The summed E-state index contributed by atoms with van der Waals surface area (Å²) in [7, 11) is 0.